The predicted octanol–water partition coefficient (Wildman–Crippen LogP) is 3.83. The number of benzene rings is 1. The van der Waals surface area contributed by atoms with Gasteiger partial charge in [0, 0.05) is 19.0 Å². The van der Waals surface area contributed by atoms with Crippen molar-refractivity contribution >= 4 is 12.0 Å². The summed E-state index contributed by atoms with van der Waals surface area (Å²) in [5.41, 5.74) is 2.13. The fourth-order valence-corrected chi connectivity index (χ4v) is 3.84. The smallest absolute Gasteiger partial charge is 0.410 e. The van der Waals surface area contributed by atoms with Gasteiger partial charge in [-0.3, -0.25) is 4.79 Å². The number of amides is 2. The summed E-state index contributed by atoms with van der Waals surface area (Å²) >= 11 is 0. The highest BCUT2D eigenvalue weighted by atomic mass is 16.6. The molecule has 2 aliphatic rings. The molecule has 1 heterocycles. The summed E-state index contributed by atoms with van der Waals surface area (Å²) in [6.45, 7) is 6.76. The summed E-state index contributed by atoms with van der Waals surface area (Å²) in [7, 11) is 0. The maximum atomic E-state index is 12.7. The van der Waals surface area contributed by atoms with Crippen molar-refractivity contribution in [1.82, 2.24) is 10.2 Å². The summed E-state index contributed by atoms with van der Waals surface area (Å²) in [5, 5.41) is 3.25. The first-order chi connectivity index (χ1) is 12.3. The Morgan fingerprint density at radius 2 is 1.81 bits per heavy atom. The highest BCUT2D eigenvalue weighted by Gasteiger charge is 2.31. The highest BCUT2D eigenvalue weighted by molar-refractivity contribution is 5.79. The lowest BCUT2D eigenvalue weighted by Crippen LogP contribution is -2.45. The number of rotatable bonds is 2. The molecule has 1 aliphatic heterocycles. The molecule has 5 heteroatoms. The number of hydrogen-bond donors (Lipinski definition) is 1. The monoisotopic (exact) mass is 358 g/mol. The van der Waals surface area contributed by atoms with E-state index in [9.17, 15) is 9.59 Å². The second-order valence-electron chi connectivity index (χ2n) is 8.39. The molecule has 142 valence electrons. The predicted molar refractivity (Wildman–Crippen MR) is 101 cm³/mol. The van der Waals surface area contributed by atoms with Crippen LogP contribution in [0.15, 0.2) is 24.3 Å². The van der Waals surface area contributed by atoms with Gasteiger partial charge in [0.15, 0.2) is 0 Å². The molecule has 1 fully saturated rings. The van der Waals surface area contributed by atoms with Crippen molar-refractivity contribution in [2.45, 2.75) is 64.5 Å². The van der Waals surface area contributed by atoms with Crippen LogP contribution in [0.25, 0.3) is 0 Å². The summed E-state index contributed by atoms with van der Waals surface area (Å²) in [6, 6.07) is 8.52. The largest absolute Gasteiger partial charge is 0.444 e. The number of nitrogens with one attached hydrogen (secondary N) is 1. The number of nitrogens with zero attached hydrogens (tertiary/aromatic N) is 1. The average Bonchev–Trinajstić information content (AvgIpc) is 2.61. The van der Waals surface area contributed by atoms with E-state index in [-0.39, 0.29) is 24.0 Å². The molecule has 0 radical (unpaired) electrons. The molecule has 1 saturated heterocycles. The molecule has 1 aromatic carbocycles. The van der Waals surface area contributed by atoms with Crippen LogP contribution in [0.1, 0.15) is 63.6 Å². The van der Waals surface area contributed by atoms with E-state index >= 15 is 0 Å². The number of likely N-dealkylation sites (tertiary alicyclic amines) is 1. The fourth-order valence-electron chi connectivity index (χ4n) is 3.84. The van der Waals surface area contributed by atoms with Gasteiger partial charge in [0.1, 0.15) is 5.60 Å². The van der Waals surface area contributed by atoms with Gasteiger partial charge >= 0.3 is 6.09 Å². The minimum Gasteiger partial charge on any atom is -0.444 e. The Kier molecular flexibility index (Phi) is 5.54. The van der Waals surface area contributed by atoms with Gasteiger partial charge in [-0.1, -0.05) is 24.3 Å². The normalized spacial score (nSPS) is 21.0. The molecule has 0 aromatic heterocycles. The van der Waals surface area contributed by atoms with E-state index in [1.54, 1.807) is 4.90 Å². The van der Waals surface area contributed by atoms with Gasteiger partial charge < -0.3 is 15.0 Å². The Morgan fingerprint density at radius 1 is 1.12 bits per heavy atom. The van der Waals surface area contributed by atoms with Crippen molar-refractivity contribution in [2.24, 2.45) is 5.92 Å². The number of aryl methyl sites for hydroxylation is 1. The molecule has 0 saturated carbocycles. The molecule has 5 nitrogen and oxygen atoms in total. The van der Waals surface area contributed by atoms with Gasteiger partial charge in [-0.2, -0.15) is 0 Å². The number of fused-ring (bicyclic) bond motifs is 1. The summed E-state index contributed by atoms with van der Waals surface area (Å²) < 4.78 is 5.42. The number of piperidine rings is 1. The third-order valence-electron chi connectivity index (χ3n) is 5.20. The Bertz CT molecular complexity index is 657. The third kappa shape index (κ3) is 4.57. The van der Waals surface area contributed by atoms with Gasteiger partial charge in [-0.05, 0) is 64.0 Å². The van der Waals surface area contributed by atoms with E-state index in [1.165, 1.54) is 11.1 Å². The van der Waals surface area contributed by atoms with Crippen LogP contribution in [-0.4, -0.2) is 35.6 Å². The molecular formula is C21H30N2O3. The molecule has 1 aromatic rings. The molecule has 1 aliphatic carbocycles. The minimum absolute atomic E-state index is 0.0252. The topological polar surface area (TPSA) is 58.6 Å². The van der Waals surface area contributed by atoms with Crippen LogP contribution in [0.2, 0.25) is 0 Å². The maximum Gasteiger partial charge on any atom is 0.410 e. The molecular weight excluding hydrogens is 328 g/mol. The summed E-state index contributed by atoms with van der Waals surface area (Å²) in [6.07, 6.45) is 4.31. The summed E-state index contributed by atoms with van der Waals surface area (Å²) in [5.74, 6) is 0.0957. The quantitative estimate of drug-likeness (QED) is 0.874. The van der Waals surface area contributed by atoms with Crippen LogP contribution < -0.4 is 5.32 Å². The van der Waals surface area contributed by atoms with E-state index in [4.69, 9.17) is 4.74 Å². The molecule has 0 bridgehead atoms. The van der Waals surface area contributed by atoms with Gasteiger partial charge in [0.2, 0.25) is 5.91 Å². The van der Waals surface area contributed by atoms with Gasteiger partial charge in [-0.15, -0.1) is 0 Å². The molecule has 26 heavy (non-hydrogen) atoms. The number of hydrogen-bond acceptors (Lipinski definition) is 3. The van der Waals surface area contributed by atoms with Crippen LogP contribution in [0.3, 0.4) is 0 Å². The number of carbonyl (C=O) groups excluding carboxylic acids is 2. The lowest BCUT2D eigenvalue weighted by molar-refractivity contribution is -0.127. The molecule has 1 atom stereocenters. The fraction of sp³-hybridized carbons (Fsp3) is 0.619. The maximum absolute atomic E-state index is 12.7. The van der Waals surface area contributed by atoms with Crippen molar-refractivity contribution in [3.05, 3.63) is 35.4 Å². The van der Waals surface area contributed by atoms with Crippen LogP contribution in [0.4, 0.5) is 4.79 Å². The van der Waals surface area contributed by atoms with Crippen molar-refractivity contribution in [2.75, 3.05) is 13.1 Å². The Hall–Kier alpha value is -2.04. The second-order valence-corrected chi connectivity index (χ2v) is 8.39. The van der Waals surface area contributed by atoms with E-state index in [0.717, 1.165) is 19.3 Å². The minimum atomic E-state index is -0.486. The zero-order chi connectivity index (χ0) is 18.7. The average molecular weight is 358 g/mol. The zero-order valence-corrected chi connectivity index (χ0v) is 16.1. The number of carbonyl (C=O) groups is 2. The van der Waals surface area contributed by atoms with E-state index in [0.29, 0.717) is 25.9 Å². The molecule has 1 N–H and O–H groups in total. The van der Waals surface area contributed by atoms with Crippen molar-refractivity contribution in [3.8, 4) is 0 Å². The standard InChI is InChI=1S/C21H30N2O3/c1-21(2,3)26-20(25)23-13-11-16(12-14-23)19(24)22-18-10-6-8-15-7-4-5-9-17(15)18/h4-5,7,9,16,18H,6,8,10-14H2,1-3H3,(H,22,24)/t18-/m1/s1. The third-order valence-corrected chi connectivity index (χ3v) is 5.20. The first-order valence-electron chi connectivity index (χ1n) is 9.69. The van der Waals surface area contributed by atoms with Crippen LogP contribution in [0.5, 0.6) is 0 Å². The Morgan fingerprint density at radius 3 is 2.50 bits per heavy atom. The van der Waals surface area contributed by atoms with E-state index < -0.39 is 5.60 Å². The van der Waals surface area contributed by atoms with Crippen molar-refractivity contribution in [3.63, 3.8) is 0 Å². The SMILES string of the molecule is CC(C)(C)OC(=O)N1CCC(C(=O)N[C@@H]2CCCc3ccccc32)CC1. The zero-order valence-electron chi connectivity index (χ0n) is 16.1. The highest BCUT2D eigenvalue weighted by Crippen LogP contribution is 2.30. The second kappa shape index (κ2) is 7.68. The Balaban J connectivity index is 1.53. The molecule has 0 unspecified atom stereocenters. The van der Waals surface area contributed by atoms with Gasteiger partial charge in [0.25, 0.3) is 0 Å². The molecule has 2 amide bonds. The first kappa shape index (κ1) is 18.7. The van der Waals surface area contributed by atoms with E-state index in [2.05, 4.69) is 23.5 Å². The Labute approximate surface area is 156 Å². The molecule has 3 rings (SSSR count). The summed E-state index contributed by atoms with van der Waals surface area (Å²) in [4.78, 5) is 26.6. The van der Waals surface area contributed by atoms with Crippen LogP contribution in [-0.2, 0) is 16.0 Å². The van der Waals surface area contributed by atoms with Gasteiger partial charge in [0.05, 0.1) is 6.04 Å². The lowest BCUT2D eigenvalue weighted by atomic mass is 9.87. The van der Waals surface area contributed by atoms with Crippen molar-refractivity contribution in [1.29, 1.82) is 0 Å². The first-order valence-corrected chi connectivity index (χ1v) is 9.69. The van der Waals surface area contributed by atoms with Crippen LogP contribution >= 0.6 is 0 Å². The van der Waals surface area contributed by atoms with E-state index in [1.807, 2.05) is 26.8 Å². The molecule has 0 spiro atoms. The van der Waals surface area contributed by atoms with Gasteiger partial charge in [-0.25, -0.2) is 4.79 Å². The lowest BCUT2D eigenvalue weighted by Gasteiger charge is -2.34. The number of ether oxygens (including phenoxy) is 1. The van der Waals surface area contributed by atoms with Crippen molar-refractivity contribution < 1.29 is 14.3 Å². The van der Waals surface area contributed by atoms with Crippen LogP contribution in [0, 0.1) is 5.92 Å².